The number of rotatable bonds is 4. The maximum absolute atomic E-state index is 12.3. The molecule has 0 aliphatic rings. The van der Waals surface area contributed by atoms with Gasteiger partial charge in [0.1, 0.15) is 11.2 Å². The Bertz CT molecular complexity index is 796. The van der Waals surface area contributed by atoms with Crippen LogP contribution in [-0.2, 0) is 13.6 Å². The fourth-order valence-corrected chi connectivity index (χ4v) is 2.75. The zero-order chi connectivity index (χ0) is 15.5. The quantitative estimate of drug-likeness (QED) is 0.770. The summed E-state index contributed by atoms with van der Waals surface area (Å²) in [5.41, 5.74) is 0.655. The summed E-state index contributed by atoms with van der Waals surface area (Å²) in [5, 5.41) is 11.1. The highest BCUT2D eigenvalue weighted by Crippen LogP contribution is 2.24. The van der Waals surface area contributed by atoms with Gasteiger partial charge in [0.25, 0.3) is 5.91 Å². The Morgan fingerprint density at radius 1 is 1.36 bits per heavy atom. The molecule has 0 aliphatic heterocycles. The number of amides is 1. The Morgan fingerprint density at radius 3 is 2.82 bits per heavy atom. The number of aryl methyl sites for hydroxylation is 2. The van der Waals surface area contributed by atoms with E-state index < -0.39 is 0 Å². The van der Waals surface area contributed by atoms with Crippen molar-refractivity contribution in [2.24, 2.45) is 7.05 Å². The molecule has 9 heteroatoms. The minimum absolute atomic E-state index is 0.194. The molecule has 0 saturated heterocycles. The third kappa shape index (κ3) is 2.84. The van der Waals surface area contributed by atoms with Crippen LogP contribution in [0.15, 0.2) is 24.8 Å². The number of hydrogen-bond donors (Lipinski definition) is 1. The highest BCUT2D eigenvalue weighted by Gasteiger charge is 2.17. The minimum Gasteiger partial charge on any atom is -0.344 e. The van der Waals surface area contributed by atoms with Crippen LogP contribution in [-0.4, -0.2) is 35.6 Å². The van der Waals surface area contributed by atoms with Crippen LogP contribution in [0.4, 0.5) is 0 Å². The monoisotopic (exact) mass is 315 g/mol. The lowest BCUT2D eigenvalue weighted by molar-refractivity contribution is 0.0953. The van der Waals surface area contributed by atoms with Crippen LogP contribution in [0.3, 0.4) is 0 Å². The summed E-state index contributed by atoms with van der Waals surface area (Å²) in [5.74, 6) is 1.00. The van der Waals surface area contributed by atoms with E-state index in [9.17, 15) is 4.79 Å². The molecule has 0 radical (unpaired) electrons. The minimum atomic E-state index is -0.194. The van der Waals surface area contributed by atoms with Gasteiger partial charge in [-0.15, -0.1) is 21.5 Å². The van der Waals surface area contributed by atoms with Gasteiger partial charge in [0, 0.05) is 19.4 Å². The lowest BCUT2D eigenvalue weighted by Gasteiger charge is -2.03. The molecule has 112 valence electrons. The molecule has 22 heavy (non-hydrogen) atoms. The van der Waals surface area contributed by atoms with Gasteiger partial charge in [0.2, 0.25) is 0 Å². The number of carbonyl (C=O) groups excluding carboxylic acids is 1. The first-order chi connectivity index (χ1) is 10.6. The SMILES string of the molecule is Cc1nc(-c2ncccn2)sc1C(=O)NCc1nncn1C. The summed E-state index contributed by atoms with van der Waals surface area (Å²) < 4.78 is 1.75. The Morgan fingerprint density at radius 2 is 2.14 bits per heavy atom. The van der Waals surface area contributed by atoms with Crippen LogP contribution < -0.4 is 5.32 Å². The number of nitrogens with one attached hydrogen (secondary N) is 1. The van der Waals surface area contributed by atoms with Crippen molar-refractivity contribution in [2.75, 3.05) is 0 Å². The zero-order valence-corrected chi connectivity index (χ0v) is 12.8. The van der Waals surface area contributed by atoms with Crippen molar-refractivity contribution in [3.63, 3.8) is 0 Å². The van der Waals surface area contributed by atoms with Crippen molar-refractivity contribution in [3.05, 3.63) is 41.2 Å². The summed E-state index contributed by atoms with van der Waals surface area (Å²) in [6.45, 7) is 2.10. The van der Waals surface area contributed by atoms with E-state index in [1.165, 1.54) is 11.3 Å². The molecule has 0 aliphatic carbocycles. The van der Waals surface area contributed by atoms with E-state index in [0.29, 0.717) is 33.8 Å². The summed E-state index contributed by atoms with van der Waals surface area (Å²) in [6, 6.07) is 1.73. The summed E-state index contributed by atoms with van der Waals surface area (Å²) in [4.78, 5) is 25.5. The van der Waals surface area contributed by atoms with Crippen molar-refractivity contribution >= 4 is 17.2 Å². The molecule has 0 atom stereocenters. The first kappa shape index (κ1) is 14.3. The maximum Gasteiger partial charge on any atom is 0.263 e. The van der Waals surface area contributed by atoms with Crippen molar-refractivity contribution < 1.29 is 4.79 Å². The molecule has 0 fully saturated rings. The molecule has 0 aromatic carbocycles. The van der Waals surface area contributed by atoms with E-state index in [0.717, 1.165) is 0 Å². The predicted octanol–water partition coefficient (Wildman–Crippen LogP) is 0.967. The molecule has 3 heterocycles. The van der Waals surface area contributed by atoms with Crippen LogP contribution in [0.5, 0.6) is 0 Å². The normalized spacial score (nSPS) is 10.6. The van der Waals surface area contributed by atoms with Gasteiger partial charge in [-0.2, -0.15) is 0 Å². The number of nitrogens with zero attached hydrogens (tertiary/aromatic N) is 6. The van der Waals surface area contributed by atoms with Gasteiger partial charge in [0.05, 0.1) is 12.2 Å². The summed E-state index contributed by atoms with van der Waals surface area (Å²) >= 11 is 1.27. The second-order valence-corrected chi connectivity index (χ2v) is 5.55. The lowest BCUT2D eigenvalue weighted by atomic mass is 10.3. The highest BCUT2D eigenvalue weighted by atomic mass is 32.1. The molecule has 0 bridgehead atoms. The smallest absolute Gasteiger partial charge is 0.263 e. The number of thiazole rings is 1. The average molecular weight is 315 g/mol. The third-order valence-electron chi connectivity index (χ3n) is 2.97. The zero-order valence-electron chi connectivity index (χ0n) is 12.0. The molecule has 3 rings (SSSR count). The molecule has 3 aromatic rings. The topological polar surface area (TPSA) is 98.5 Å². The van der Waals surface area contributed by atoms with Crippen molar-refractivity contribution in [1.29, 1.82) is 0 Å². The first-order valence-corrected chi connectivity index (χ1v) is 7.32. The van der Waals surface area contributed by atoms with Gasteiger partial charge in [-0.05, 0) is 13.0 Å². The van der Waals surface area contributed by atoms with Gasteiger partial charge >= 0.3 is 0 Å². The van der Waals surface area contributed by atoms with Gasteiger partial charge < -0.3 is 9.88 Å². The molecule has 0 spiro atoms. The largest absolute Gasteiger partial charge is 0.344 e. The van der Waals surface area contributed by atoms with Crippen LogP contribution in [0.1, 0.15) is 21.2 Å². The fourth-order valence-electron chi connectivity index (χ4n) is 1.82. The van der Waals surface area contributed by atoms with Crippen LogP contribution in [0.25, 0.3) is 10.8 Å². The van der Waals surface area contributed by atoms with Crippen LogP contribution in [0, 0.1) is 6.92 Å². The molecule has 1 N–H and O–H groups in total. The predicted molar refractivity (Wildman–Crippen MR) is 80.1 cm³/mol. The molecular weight excluding hydrogens is 302 g/mol. The summed E-state index contributed by atoms with van der Waals surface area (Å²) in [6.07, 6.45) is 4.88. The maximum atomic E-state index is 12.3. The van der Waals surface area contributed by atoms with E-state index in [-0.39, 0.29) is 5.91 Å². The van der Waals surface area contributed by atoms with Crippen molar-refractivity contribution in [2.45, 2.75) is 13.5 Å². The van der Waals surface area contributed by atoms with Gasteiger partial charge in [-0.1, -0.05) is 0 Å². The molecule has 1 amide bonds. The Kier molecular flexibility index (Phi) is 3.88. The van der Waals surface area contributed by atoms with Crippen LogP contribution >= 0.6 is 11.3 Å². The third-order valence-corrected chi connectivity index (χ3v) is 4.12. The Hall–Kier alpha value is -2.68. The molecular formula is C13H13N7OS. The van der Waals surface area contributed by atoms with Crippen molar-refractivity contribution in [1.82, 2.24) is 35.0 Å². The number of carbonyl (C=O) groups is 1. The Balaban J connectivity index is 1.76. The van der Waals surface area contributed by atoms with Gasteiger partial charge in [-0.3, -0.25) is 4.79 Å². The standard InChI is InChI=1S/C13H13N7OS/c1-8-10(12(21)16-6-9-19-17-7-20(9)2)22-13(18-8)11-14-4-3-5-15-11/h3-5,7H,6H2,1-2H3,(H,16,21). The lowest BCUT2D eigenvalue weighted by Crippen LogP contribution is -2.24. The van der Waals surface area contributed by atoms with Crippen molar-refractivity contribution in [3.8, 4) is 10.8 Å². The fraction of sp³-hybridized carbons (Fsp3) is 0.231. The van der Waals surface area contributed by atoms with E-state index in [1.54, 1.807) is 36.3 Å². The second kappa shape index (κ2) is 5.98. The van der Waals surface area contributed by atoms with E-state index in [4.69, 9.17) is 0 Å². The molecule has 0 unspecified atom stereocenters. The highest BCUT2D eigenvalue weighted by molar-refractivity contribution is 7.17. The van der Waals surface area contributed by atoms with Gasteiger partial charge in [0.15, 0.2) is 16.7 Å². The first-order valence-electron chi connectivity index (χ1n) is 6.51. The van der Waals surface area contributed by atoms with E-state index >= 15 is 0 Å². The molecule has 0 saturated carbocycles. The number of hydrogen-bond acceptors (Lipinski definition) is 7. The summed E-state index contributed by atoms with van der Waals surface area (Å²) in [7, 11) is 1.82. The van der Waals surface area contributed by atoms with E-state index in [1.807, 2.05) is 7.05 Å². The Labute approximate surface area is 130 Å². The van der Waals surface area contributed by atoms with Gasteiger partial charge in [-0.25, -0.2) is 15.0 Å². The molecule has 3 aromatic heterocycles. The van der Waals surface area contributed by atoms with E-state index in [2.05, 4.69) is 30.5 Å². The number of aromatic nitrogens is 6. The van der Waals surface area contributed by atoms with Crippen LogP contribution in [0.2, 0.25) is 0 Å². The molecule has 8 nitrogen and oxygen atoms in total. The second-order valence-electron chi connectivity index (χ2n) is 4.55. The average Bonchev–Trinajstić information content (AvgIpc) is 3.12.